The molecule has 0 aliphatic heterocycles. The van der Waals surface area contributed by atoms with Gasteiger partial charge < -0.3 is 0 Å². The quantitative estimate of drug-likeness (QED) is 0.520. The standard InChI is InChI=1S/C19H20Br2/c20-18-8-4-5-14(12-18)11-17-13-16(9-10-19(17)21)15-6-2-1-3-7-15/h1-8,12,16-17,19H,9-11,13H2. The van der Waals surface area contributed by atoms with Crippen LogP contribution in [-0.2, 0) is 6.42 Å². The van der Waals surface area contributed by atoms with E-state index < -0.39 is 0 Å². The van der Waals surface area contributed by atoms with Crippen molar-refractivity contribution in [2.45, 2.75) is 36.4 Å². The number of rotatable bonds is 3. The third-order valence-corrected chi connectivity index (χ3v) is 6.25. The molecule has 3 unspecified atom stereocenters. The molecule has 0 amide bonds. The fraction of sp³-hybridized carbons (Fsp3) is 0.368. The first-order chi connectivity index (χ1) is 10.2. The zero-order valence-electron chi connectivity index (χ0n) is 12.0. The van der Waals surface area contributed by atoms with Crippen molar-refractivity contribution < 1.29 is 0 Å². The maximum atomic E-state index is 3.92. The topological polar surface area (TPSA) is 0 Å². The molecule has 110 valence electrons. The molecule has 3 atom stereocenters. The van der Waals surface area contributed by atoms with Crippen LogP contribution < -0.4 is 0 Å². The summed E-state index contributed by atoms with van der Waals surface area (Å²) in [5, 5.41) is 0. The van der Waals surface area contributed by atoms with Gasteiger partial charge in [0, 0.05) is 9.30 Å². The van der Waals surface area contributed by atoms with Crippen LogP contribution in [0.25, 0.3) is 0 Å². The lowest BCUT2D eigenvalue weighted by molar-refractivity contribution is 0.335. The molecule has 0 saturated heterocycles. The minimum Gasteiger partial charge on any atom is -0.0888 e. The molecule has 2 heteroatoms. The maximum absolute atomic E-state index is 3.92. The first-order valence-corrected chi connectivity index (χ1v) is 9.36. The maximum Gasteiger partial charge on any atom is 0.0177 e. The van der Waals surface area contributed by atoms with E-state index >= 15 is 0 Å². The second-order valence-corrected chi connectivity index (χ2v) is 8.12. The van der Waals surface area contributed by atoms with E-state index in [4.69, 9.17) is 0 Å². The molecule has 1 saturated carbocycles. The van der Waals surface area contributed by atoms with Crippen LogP contribution in [-0.4, -0.2) is 4.83 Å². The van der Waals surface area contributed by atoms with Crippen LogP contribution in [0.2, 0.25) is 0 Å². The zero-order valence-corrected chi connectivity index (χ0v) is 15.2. The minimum absolute atomic E-state index is 0.649. The van der Waals surface area contributed by atoms with Crippen LogP contribution in [0.15, 0.2) is 59.1 Å². The van der Waals surface area contributed by atoms with Crippen LogP contribution in [0.5, 0.6) is 0 Å². The molecule has 0 radical (unpaired) electrons. The smallest absolute Gasteiger partial charge is 0.0177 e. The minimum atomic E-state index is 0.649. The van der Waals surface area contributed by atoms with Gasteiger partial charge in [-0.2, -0.15) is 0 Å². The van der Waals surface area contributed by atoms with Crippen molar-refractivity contribution in [3.8, 4) is 0 Å². The molecule has 1 aliphatic rings. The molecule has 1 aliphatic carbocycles. The number of hydrogen-bond acceptors (Lipinski definition) is 0. The Hall–Kier alpha value is -0.600. The van der Waals surface area contributed by atoms with Gasteiger partial charge in [-0.05, 0) is 60.8 Å². The molecule has 2 aromatic carbocycles. The van der Waals surface area contributed by atoms with Crippen molar-refractivity contribution in [2.75, 3.05) is 0 Å². The Morgan fingerprint density at radius 1 is 0.952 bits per heavy atom. The van der Waals surface area contributed by atoms with Gasteiger partial charge in [-0.15, -0.1) is 0 Å². The van der Waals surface area contributed by atoms with Crippen LogP contribution in [0, 0.1) is 5.92 Å². The Bertz CT molecular complexity index is 579. The van der Waals surface area contributed by atoms with E-state index in [1.807, 2.05) is 0 Å². The van der Waals surface area contributed by atoms with Gasteiger partial charge in [0.05, 0.1) is 0 Å². The number of benzene rings is 2. The Kier molecular flexibility index (Phi) is 5.18. The molecule has 21 heavy (non-hydrogen) atoms. The third kappa shape index (κ3) is 3.98. The fourth-order valence-electron chi connectivity index (χ4n) is 3.43. The second kappa shape index (κ2) is 7.11. The molecule has 2 aromatic rings. The predicted molar refractivity (Wildman–Crippen MR) is 97.1 cm³/mol. The van der Waals surface area contributed by atoms with Gasteiger partial charge in [-0.25, -0.2) is 0 Å². The highest BCUT2D eigenvalue weighted by atomic mass is 79.9. The Labute approximate surface area is 144 Å². The van der Waals surface area contributed by atoms with Gasteiger partial charge in [-0.1, -0.05) is 74.3 Å². The number of alkyl halides is 1. The molecular weight excluding hydrogens is 388 g/mol. The summed E-state index contributed by atoms with van der Waals surface area (Å²) >= 11 is 7.50. The first kappa shape index (κ1) is 15.3. The molecule has 0 spiro atoms. The van der Waals surface area contributed by atoms with Gasteiger partial charge in [0.1, 0.15) is 0 Å². The summed E-state index contributed by atoms with van der Waals surface area (Å²) in [6.07, 6.45) is 5.03. The van der Waals surface area contributed by atoms with E-state index in [2.05, 4.69) is 86.5 Å². The summed E-state index contributed by atoms with van der Waals surface area (Å²) in [5.41, 5.74) is 2.95. The van der Waals surface area contributed by atoms with Crippen molar-refractivity contribution >= 4 is 31.9 Å². The average Bonchev–Trinajstić information content (AvgIpc) is 2.50. The van der Waals surface area contributed by atoms with E-state index in [9.17, 15) is 0 Å². The Morgan fingerprint density at radius 3 is 2.52 bits per heavy atom. The monoisotopic (exact) mass is 406 g/mol. The van der Waals surface area contributed by atoms with Gasteiger partial charge in [0.2, 0.25) is 0 Å². The SMILES string of the molecule is Brc1cccc(CC2CC(c3ccccc3)CCC2Br)c1. The molecule has 1 fully saturated rings. The van der Waals surface area contributed by atoms with Gasteiger partial charge in [-0.3, -0.25) is 0 Å². The van der Waals surface area contributed by atoms with Crippen molar-refractivity contribution in [2.24, 2.45) is 5.92 Å². The van der Waals surface area contributed by atoms with Crippen molar-refractivity contribution in [1.29, 1.82) is 0 Å². The number of halogens is 2. The zero-order chi connectivity index (χ0) is 14.7. The van der Waals surface area contributed by atoms with Crippen LogP contribution >= 0.6 is 31.9 Å². The lowest BCUT2D eigenvalue weighted by Gasteiger charge is -2.33. The van der Waals surface area contributed by atoms with Crippen LogP contribution in [0.4, 0.5) is 0 Å². The summed E-state index contributed by atoms with van der Waals surface area (Å²) in [4.78, 5) is 0.649. The van der Waals surface area contributed by atoms with E-state index in [0.717, 1.165) is 11.8 Å². The van der Waals surface area contributed by atoms with Crippen LogP contribution in [0.3, 0.4) is 0 Å². The first-order valence-electron chi connectivity index (χ1n) is 7.66. The van der Waals surface area contributed by atoms with E-state index in [-0.39, 0.29) is 0 Å². The van der Waals surface area contributed by atoms with E-state index in [0.29, 0.717) is 4.83 Å². The highest BCUT2D eigenvalue weighted by Gasteiger charge is 2.29. The normalized spacial score (nSPS) is 25.7. The summed E-state index contributed by atoms with van der Waals surface area (Å²) in [5.74, 6) is 1.44. The molecule has 0 bridgehead atoms. The fourth-order valence-corrected chi connectivity index (χ4v) is 4.55. The van der Waals surface area contributed by atoms with Crippen LogP contribution in [0.1, 0.15) is 36.3 Å². The summed E-state index contributed by atoms with van der Waals surface area (Å²) < 4.78 is 1.18. The molecule has 0 nitrogen and oxygen atoms in total. The van der Waals surface area contributed by atoms with Gasteiger partial charge in [0.25, 0.3) is 0 Å². The predicted octanol–water partition coefficient (Wildman–Crippen LogP) is 6.34. The Balaban J connectivity index is 1.72. The molecule has 0 aromatic heterocycles. The summed E-state index contributed by atoms with van der Waals surface area (Å²) in [6.45, 7) is 0. The van der Waals surface area contributed by atoms with E-state index in [1.54, 1.807) is 0 Å². The van der Waals surface area contributed by atoms with Crippen molar-refractivity contribution in [3.63, 3.8) is 0 Å². The molecule has 0 heterocycles. The lowest BCUT2D eigenvalue weighted by Crippen LogP contribution is -2.25. The van der Waals surface area contributed by atoms with Gasteiger partial charge >= 0.3 is 0 Å². The number of hydrogen-bond donors (Lipinski definition) is 0. The second-order valence-electron chi connectivity index (χ2n) is 6.03. The summed E-state index contributed by atoms with van der Waals surface area (Å²) in [7, 11) is 0. The van der Waals surface area contributed by atoms with Gasteiger partial charge in [0.15, 0.2) is 0 Å². The third-order valence-electron chi connectivity index (χ3n) is 4.55. The lowest BCUT2D eigenvalue weighted by atomic mass is 9.76. The Morgan fingerprint density at radius 2 is 1.76 bits per heavy atom. The summed E-state index contributed by atoms with van der Waals surface area (Å²) in [6, 6.07) is 19.8. The van der Waals surface area contributed by atoms with E-state index in [1.165, 1.54) is 41.3 Å². The average molecular weight is 408 g/mol. The van der Waals surface area contributed by atoms with Crippen molar-refractivity contribution in [1.82, 2.24) is 0 Å². The molecule has 3 rings (SSSR count). The largest absolute Gasteiger partial charge is 0.0888 e. The molecular formula is C19H20Br2. The van der Waals surface area contributed by atoms with Crippen molar-refractivity contribution in [3.05, 3.63) is 70.2 Å². The molecule has 0 N–H and O–H groups in total. The highest BCUT2D eigenvalue weighted by Crippen LogP contribution is 2.40. The highest BCUT2D eigenvalue weighted by molar-refractivity contribution is 9.10.